The number of rotatable bonds is 20. The molecule has 8 aromatic carbocycles. The molecule has 1 aliphatic rings. The molecule has 0 bridgehead atoms. The summed E-state index contributed by atoms with van der Waals surface area (Å²) in [5.74, 6) is 0. The highest BCUT2D eigenvalue weighted by atomic mass is 14.5. The van der Waals surface area contributed by atoms with Gasteiger partial charge in [0.2, 0.25) is 0 Å². The third kappa shape index (κ3) is 11.0. The Hall–Kier alpha value is -7.26. The zero-order chi connectivity index (χ0) is 49.2. The minimum atomic E-state index is -0.00104. The van der Waals surface area contributed by atoms with Gasteiger partial charge in [0.1, 0.15) is 0 Å². The first-order valence-electron chi connectivity index (χ1n) is 26.5. The van der Waals surface area contributed by atoms with Crippen LogP contribution in [0.4, 0.5) is 0 Å². The molecule has 0 aromatic heterocycles. The number of aryl methyl sites for hydroxylation is 2. The Morgan fingerprint density at radius 2 is 0.634 bits per heavy atom. The highest BCUT2D eigenvalue weighted by molar-refractivity contribution is 5.87. The Balaban J connectivity index is 1.05. The van der Waals surface area contributed by atoms with Gasteiger partial charge in [-0.1, -0.05) is 212 Å². The summed E-state index contributed by atoms with van der Waals surface area (Å²) in [6.07, 6.45) is 18.0. The molecule has 0 radical (unpaired) electrons. The predicted octanol–water partition coefficient (Wildman–Crippen LogP) is 19.8. The average Bonchev–Trinajstić information content (AvgIpc) is 3.67. The second-order valence-electron chi connectivity index (χ2n) is 20.3. The Morgan fingerprint density at radius 3 is 1.06 bits per heavy atom. The number of fused-ring (bicyclic) bond motifs is 3. The van der Waals surface area contributed by atoms with Crippen LogP contribution >= 0.6 is 0 Å². The van der Waals surface area contributed by atoms with E-state index in [1.54, 1.807) is 5.56 Å². The van der Waals surface area contributed by atoms with Crippen molar-refractivity contribution in [3.05, 3.63) is 203 Å². The second kappa shape index (κ2) is 22.7. The summed E-state index contributed by atoms with van der Waals surface area (Å²) in [4.78, 5) is 0. The number of nitriles is 2. The van der Waals surface area contributed by atoms with Crippen molar-refractivity contribution in [3.63, 3.8) is 0 Å². The molecule has 0 aliphatic heterocycles. The molecule has 0 N–H and O–H groups in total. The molecule has 0 fully saturated rings. The van der Waals surface area contributed by atoms with Crippen LogP contribution in [-0.4, -0.2) is 0 Å². The van der Waals surface area contributed by atoms with E-state index in [2.05, 4.69) is 173 Å². The number of benzene rings is 8. The highest BCUT2D eigenvalue weighted by Crippen LogP contribution is 2.55. The molecule has 2 heteroatoms. The lowest BCUT2D eigenvalue weighted by Crippen LogP contribution is -2.25. The van der Waals surface area contributed by atoms with Gasteiger partial charge >= 0.3 is 0 Å². The minimum absolute atomic E-state index is 0.00104. The van der Waals surface area contributed by atoms with E-state index in [-0.39, 0.29) is 5.41 Å². The van der Waals surface area contributed by atoms with Crippen molar-refractivity contribution in [3.8, 4) is 90.0 Å². The maximum atomic E-state index is 9.67. The van der Waals surface area contributed by atoms with E-state index in [0.29, 0.717) is 11.1 Å². The predicted molar refractivity (Wildman–Crippen MR) is 300 cm³/mol. The molecular formula is C69H68N2. The fraction of sp³-hybridized carbons (Fsp3) is 0.275. The van der Waals surface area contributed by atoms with Gasteiger partial charge < -0.3 is 0 Å². The van der Waals surface area contributed by atoms with Crippen molar-refractivity contribution in [2.75, 3.05) is 0 Å². The first-order valence-corrected chi connectivity index (χ1v) is 26.5. The van der Waals surface area contributed by atoms with E-state index in [1.807, 2.05) is 36.4 Å². The molecule has 0 unspecified atom stereocenters. The second-order valence-corrected chi connectivity index (χ2v) is 20.3. The summed E-state index contributed by atoms with van der Waals surface area (Å²) in [6.45, 7) is 9.04. The lowest BCUT2D eigenvalue weighted by molar-refractivity contribution is 0.398. The summed E-state index contributed by atoms with van der Waals surface area (Å²) in [5, 5.41) is 19.0. The fourth-order valence-electron chi connectivity index (χ4n) is 11.3. The Morgan fingerprint density at radius 1 is 0.310 bits per heavy atom. The van der Waals surface area contributed by atoms with Crippen LogP contribution in [0.15, 0.2) is 170 Å². The standard InChI is InChI=1S/C69H68N2/c1-5-7-9-11-13-15-37-69(38-16-14-12-10-8-6-2)67-41-49(3)17-35-65(67)66-36-34-59(46-68(66)69)64-44-62(56-24-20-52(48-71)21-25-56)43-63(45-64)58-32-28-54(29-33-58)53-26-30-57(31-27-53)61-40-50(4)39-60(42-61)55-22-18-51(47-70)19-23-55/h17-36,39-46H,5-16,37-38H2,1-4H3. The van der Waals surface area contributed by atoms with Crippen LogP contribution < -0.4 is 0 Å². The number of unbranched alkanes of at least 4 members (excludes halogenated alkanes) is 10. The Bertz CT molecular complexity index is 3160. The van der Waals surface area contributed by atoms with E-state index in [1.165, 1.54) is 162 Å². The molecule has 9 rings (SSSR count). The van der Waals surface area contributed by atoms with E-state index in [4.69, 9.17) is 0 Å². The van der Waals surface area contributed by atoms with Crippen molar-refractivity contribution in [2.24, 2.45) is 0 Å². The first-order chi connectivity index (χ1) is 34.8. The van der Waals surface area contributed by atoms with Crippen LogP contribution in [0.25, 0.3) is 77.9 Å². The van der Waals surface area contributed by atoms with Crippen molar-refractivity contribution in [1.29, 1.82) is 10.5 Å². The lowest BCUT2D eigenvalue weighted by atomic mass is 9.70. The Labute approximate surface area is 424 Å². The summed E-state index contributed by atoms with van der Waals surface area (Å²) in [7, 11) is 0. The minimum Gasteiger partial charge on any atom is -0.192 e. The average molecular weight is 925 g/mol. The largest absolute Gasteiger partial charge is 0.192 e. The van der Waals surface area contributed by atoms with Crippen LogP contribution in [-0.2, 0) is 5.41 Å². The van der Waals surface area contributed by atoms with E-state index in [0.717, 1.165) is 22.3 Å². The van der Waals surface area contributed by atoms with Crippen LogP contribution in [0, 0.1) is 36.5 Å². The zero-order valence-corrected chi connectivity index (χ0v) is 42.5. The van der Waals surface area contributed by atoms with Crippen LogP contribution in [0.3, 0.4) is 0 Å². The van der Waals surface area contributed by atoms with E-state index in [9.17, 15) is 10.5 Å². The highest BCUT2D eigenvalue weighted by Gasteiger charge is 2.42. The SMILES string of the molecule is CCCCCCCCC1(CCCCCCCC)c2cc(C)ccc2-c2ccc(-c3cc(-c4ccc(C#N)cc4)cc(-c4ccc(-c5ccc(-c6cc(C)cc(-c7ccc(C#N)cc7)c6)cc5)cc4)c3)cc21. The monoisotopic (exact) mass is 925 g/mol. The van der Waals surface area contributed by atoms with Crippen molar-refractivity contribution in [1.82, 2.24) is 0 Å². The summed E-state index contributed by atoms with van der Waals surface area (Å²) in [6, 6.07) is 66.7. The van der Waals surface area contributed by atoms with E-state index < -0.39 is 0 Å². The Kier molecular flexibility index (Phi) is 15.6. The van der Waals surface area contributed by atoms with Gasteiger partial charge in [-0.05, 0) is 176 Å². The summed E-state index contributed by atoms with van der Waals surface area (Å²) < 4.78 is 0. The number of hydrogen-bond donors (Lipinski definition) is 0. The van der Waals surface area contributed by atoms with Crippen molar-refractivity contribution in [2.45, 2.75) is 123 Å². The topological polar surface area (TPSA) is 47.6 Å². The number of nitrogens with zero attached hydrogens (tertiary/aromatic N) is 2. The summed E-state index contributed by atoms with van der Waals surface area (Å²) in [5.41, 5.74) is 23.8. The quantitative estimate of drug-likeness (QED) is 0.0715. The molecule has 71 heavy (non-hydrogen) atoms. The molecule has 0 atom stereocenters. The molecule has 0 amide bonds. The maximum Gasteiger partial charge on any atom is 0.0991 e. The van der Waals surface area contributed by atoms with Gasteiger partial charge in [-0.15, -0.1) is 0 Å². The molecule has 8 aromatic rings. The van der Waals surface area contributed by atoms with Gasteiger partial charge in [0.05, 0.1) is 23.3 Å². The van der Waals surface area contributed by atoms with Crippen LogP contribution in [0.1, 0.15) is 137 Å². The van der Waals surface area contributed by atoms with Gasteiger partial charge in [0, 0.05) is 5.41 Å². The lowest BCUT2D eigenvalue weighted by Gasteiger charge is -2.33. The zero-order valence-electron chi connectivity index (χ0n) is 42.5. The molecule has 354 valence electrons. The van der Waals surface area contributed by atoms with Crippen LogP contribution in [0.2, 0.25) is 0 Å². The number of hydrogen-bond acceptors (Lipinski definition) is 2. The molecule has 2 nitrogen and oxygen atoms in total. The molecule has 0 heterocycles. The van der Waals surface area contributed by atoms with E-state index >= 15 is 0 Å². The van der Waals surface area contributed by atoms with Crippen molar-refractivity contribution < 1.29 is 0 Å². The van der Waals surface area contributed by atoms with Gasteiger partial charge in [0.15, 0.2) is 0 Å². The molecule has 0 saturated heterocycles. The molecule has 0 saturated carbocycles. The van der Waals surface area contributed by atoms with Gasteiger partial charge in [0.25, 0.3) is 0 Å². The van der Waals surface area contributed by atoms with Gasteiger partial charge in [-0.3, -0.25) is 0 Å². The molecular weight excluding hydrogens is 857 g/mol. The molecule has 1 aliphatic carbocycles. The van der Waals surface area contributed by atoms with Crippen molar-refractivity contribution >= 4 is 0 Å². The van der Waals surface area contributed by atoms with Gasteiger partial charge in [-0.25, -0.2) is 0 Å². The maximum absolute atomic E-state index is 9.67. The third-order valence-electron chi connectivity index (χ3n) is 15.2. The third-order valence-corrected chi connectivity index (χ3v) is 15.2. The van der Waals surface area contributed by atoms with Gasteiger partial charge in [-0.2, -0.15) is 10.5 Å². The normalized spacial score (nSPS) is 12.3. The van der Waals surface area contributed by atoms with Crippen LogP contribution in [0.5, 0.6) is 0 Å². The first kappa shape index (κ1) is 48.8. The smallest absolute Gasteiger partial charge is 0.0991 e. The fourth-order valence-corrected chi connectivity index (χ4v) is 11.3. The molecule has 0 spiro atoms. The summed E-state index contributed by atoms with van der Waals surface area (Å²) >= 11 is 0.